The minimum atomic E-state index is -1.16. The van der Waals surface area contributed by atoms with Crippen molar-refractivity contribution in [2.24, 2.45) is 12.5 Å². The van der Waals surface area contributed by atoms with Crippen LogP contribution in [0, 0.1) is 5.41 Å². The molecule has 1 unspecified atom stereocenters. The second-order valence-corrected chi connectivity index (χ2v) is 7.80. The number of nitrogens with zero attached hydrogens (tertiary/aromatic N) is 1. The molecule has 2 rings (SSSR count). The summed E-state index contributed by atoms with van der Waals surface area (Å²) in [5.41, 5.74) is -0.218. The Labute approximate surface area is 157 Å². The van der Waals surface area contributed by atoms with E-state index in [4.69, 9.17) is 16.3 Å². The van der Waals surface area contributed by atoms with Crippen LogP contribution >= 0.6 is 11.6 Å². The van der Waals surface area contributed by atoms with Crippen molar-refractivity contribution in [3.8, 4) is 5.75 Å². The van der Waals surface area contributed by atoms with Gasteiger partial charge in [-0.05, 0) is 30.0 Å². The van der Waals surface area contributed by atoms with Crippen molar-refractivity contribution in [3.05, 3.63) is 39.3 Å². The maximum atomic E-state index is 12.9. The number of hydrogen-bond donors (Lipinski definition) is 2. The molecule has 1 aromatic carbocycles. The van der Waals surface area contributed by atoms with Crippen LogP contribution in [0.2, 0.25) is 5.02 Å². The second-order valence-electron chi connectivity index (χ2n) is 7.37. The molecule has 1 aromatic heterocycles. The van der Waals surface area contributed by atoms with Crippen LogP contribution in [0.1, 0.15) is 45.9 Å². The molecule has 6 nitrogen and oxygen atoms in total. The van der Waals surface area contributed by atoms with Gasteiger partial charge in [-0.3, -0.25) is 4.79 Å². The molecule has 0 spiro atoms. The molecule has 0 aliphatic heterocycles. The van der Waals surface area contributed by atoms with E-state index in [0.717, 1.165) is 6.42 Å². The van der Waals surface area contributed by atoms with Gasteiger partial charge in [0.2, 0.25) is 0 Å². The predicted molar refractivity (Wildman–Crippen MR) is 103 cm³/mol. The minimum Gasteiger partial charge on any atom is -0.491 e. The lowest BCUT2D eigenvalue weighted by Crippen LogP contribution is -2.39. The number of carboxylic acid groups (broad SMARTS) is 1. The number of ether oxygens (including phenoxy) is 1. The number of aromatic nitrogens is 1. The lowest BCUT2D eigenvalue weighted by atomic mass is 9.83. The van der Waals surface area contributed by atoms with Gasteiger partial charge in [-0.2, -0.15) is 0 Å². The van der Waals surface area contributed by atoms with Gasteiger partial charge in [0, 0.05) is 17.5 Å². The Morgan fingerprint density at radius 3 is 2.54 bits per heavy atom. The molecule has 0 radical (unpaired) electrons. The summed E-state index contributed by atoms with van der Waals surface area (Å²) < 4.78 is 7.46. The molecule has 1 atom stereocenters. The van der Waals surface area contributed by atoms with Crippen molar-refractivity contribution in [1.29, 1.82) is 0 Å². The third-order valence-electron chi connectivity index (χ3n) is 4.21. The Kier molecular flexibility index (Phi) is 5.86. The van der Waals surface area contributed by atoms with Gasteiger partial charge >= 0.3 is 6.09 Å². The third kappa shape index (κ3) is 3.96. The van der Waals surface area contributed by atoms with Gasteiger partial charge in [0.15, 0.2) is 0 Å². The Morgan fingerprint density at radius 1 is 1.35 bits per heavy atom. The number of nitrogens with one attached hydrogen (secondary N) is 1. The first-order valence-electron chi connectivity index (χ1n) is 8.52. The normalized spacial score (nSPS) is 12.8. The van der Waals surface area contributed by atoms with E-state index in [9.17, 15) is 14.7 Å². The highest BCUT2D eigenvalue weighted by molar-refractivity contribution is 6.31. The molecule has 0 fully saturated rings. The fourth-order valence-electron chi connectivity index (χ4n) is 2.97. The van der Waals surface area contributed by atoms with E-state index >= 15 is 0 Å². The predicted octanol–water partition coefficient (Wildman–Crippen LogP) is 4.34. The lowest BCUT2D eigenvalue weighted by molar-refractivity contribution is 0.171. The Hall–Kier alpha value is -2.21. The number of hydrogen-bond acceptors (Lipinski definition) is 3. The topological polar surface area (TPSA) is 80.6 Å². The summed E-state index contributed by atoms with van der Waals surface area (Å²) in [5, 5.41) is 13.4. The average Bonchev–Trinajstić information content (AvgIpc) is 2.54. The van der Waals surface area contributed by atoms with Crippen molar-refractivity contribution in [2.75, 3.05) is 6.61 Å². The van der Waals surface area contributed by atoms with Crippen molar-refractivity contribution in [3.63, 3.8) is 0 Å². The largest absolute Gasteiger partial charge is 0.491 e. The molecule has 2 aromatic rings. The molecule has 0 aliphatic carbocycles. The van der Waals surface area contributed by atoms with Gasteiger partial charge in [-0.15, -0.1) is 0 Å². The molecule has 0 aliphatic rings. The van der Waals surface area contributed by atoms with Gasteiger partial charge in [-0.25, -0.2) is 4.79 Å². The van der Waals surface area contributed by atoms with Crippen LogP contribution < -0.4 is 15.6 Å². The van der Waals surface area contributed by atoms with Gasteiger partial charge < -0.3 is 19.7 Å². The fourth-order valence-corrected chi connectivity index (χ4v) is 3.14. The third-order valence-corrected chi connectivity index (χ3v) is 4.45. The number of benzene rings is 1. The first-order valence-corrected chi connectivity index (χ1v) is 8.90. The van der Waals surface area contributed by atoms with Gasteiger partial charge in [0.1, 0.15) is 5.75 Å². The van der Waals surface area contributed by atoms with Crippen LogP contribution in [0.5, 0.6) is 5.75 Å². The molecule has 1 heterocycles. The molecule has 26 heavy (non-hydrogen) atoms. The van der Waals surface area contributed by atoms with Crippen LogP contribution in [0.25, 0.3) is 10.8 Å². The van der Waals surface area contributed by atoms with Gasteiger partial charge in [0.05, 0.1) is 23.7 Å². The summed E-state index contributed by atoms with van der Waals surface area (Å²) in [5.74, 6) is 0.486. The number of halogens is 1. The zero-order valence-electron chi connectivity index (χ0n) is 15.7. The molecule has 2 N–H and O–H groups in total. The van der Waals surface area contributed by atoms with E-state index in [1.807, 2.05) is 27.7 Å². The van der Waals surface area contributed by atoms with E-state index in [1.54, 1.807) is 25.2 Å². The van der Waals surface area contributed by atoms with Gasteiger partial charge in [0.25, 0.3) is 5.56 Å². The number of fused-ring (bicyclic) bond motifs is 1. The first kappa shape index (κ1) is 20.1. The fraction of sp³-hybridized carbons (Fsp3) is 0.474. The van der Waals surface area contributed by atoms with Crippen LogP contribution in [0.4, 0.5) is 4.79 Å². The quantitative estimate of drug-likeness (QED) is 0.808. The maximum Gasteiger partial charge on any atom is 0.405 e. The van der Waals surface area contributed by atoms with Crippen LogP contribution in [0.15, 0.2) is 23.0 Å². The number of carbonyl (C=O) groups is 1. The summed E-state index contributed by atoms with van der Waals surface area (Å²) in [6.45, 7) is 8.14. The van der Waals surface area contributed by atoms with Crippen molar-refractivity contribution >= 4 is 28.5 Å². The molecule has 1 amide bonds. The van der Waals surface area contributed by atoms with Gasteiger partial charge in [-0.1, -0.05) is 39.3 Å². The summed E-state index contributed by atoms with van der Waals surface area (Å²) in [6, 6.07) is 4.37. The molecular weight excluding hydrogens is 356 g/mol. The lowest BCUT2D eigenvalue weighted by Gasteiger charge is -2.33. The molecule has 0 saturated carbocycles. The highest BCUT2D eigenvalue weighted by Gasteiger charge is 2.34. The number of pyridine rings is 1. The van der Waals surface area contributed by atoms with E-state index < -0.39 is 17.6 Å². The molecule has 0 bridgehead atoms. The zero-order valence-corrected chi connectivity index (χ0v) is 16.5. The second kappa shape index (κ2) is 7.58. The van der Waals surface area contributed by atoms with E-state index in [0.29, 0.717) is 33.8 Å². The molecule has 7 heteroatoms. The number of rotatable bonds is 5. The van der Waals surface area contributed by atoms with E-state index in [-0.39, 0.29) is 5.56 Å². The Morgan fingerprint density at radius 2 is 2.00 bits per heavy atom. The summed E-state index contributed by atoms with van der Waals surface area (Å²) in [6.07, 6.45) is -0.387. The Balaban J connectivity index is 2.91. The van der Waals surface area contributed by atoms with Crippen LogP contribution in [-0.2, 0) is 7.05 Å². The zero-order chi connectivity index (χ0) is 19.6. The molecular formula is C19H25ClN2O4. The summed E-state index contributed by atoms with van der Waals surface area (Å²) in [7, 11) is 1.63. The minimum absolute atomic E-state index is 0.225. The Bertz CT molecular complexity index is 884. The summed E-state index contributed by atoms with van der Waals surface area (Å²) in [4.78, 5) is 24.3. The highest BCUT2D eigenvalue weighted by atomic mass is 35.5. The highest BCUT2D eigenvalue weighted by Crippen LogP contribution is 2.40. The van der Waals surface area contributed by atoms with Crippen molar-refractivity contribution in [1.82, 2.24) is 9.88 Å². The standard InChI is InChI=1S/C19H25ClN2O4/c1-6-9-26-15-13-10-11(20)7-8-12(13)17(23)22(5)14(15)16(19(2,3)4)21-18(24)25/h7-8,10,16,21H,6,9H2,1-5H3,(H,24,25). The van der Waals surface area contributed by atoms with Crippen LogP contribution in [0.3, 0.4) is 0 Å². The summed E-state index contributed by atoms with van der Waals surface area (Å²) >= 11 is 6.15. The SMILES string of the molecule is CCCOc1c(C(NC(=O)O)C(C)(C)C)n(C)c(=O)c2ccc(Cl)cc12. The monoisotopic (exact) mass is 380 g/mol. The van der Waals surface area contributed by atoms with Crippen molar-refractivity contribution < 1.29 is 14.6 Å². The smallest absolute Gasteiger partial charge is 0.405 e. The van der Waals surface area contributed by atoms with E-state index in [2.05, 4.69) is 5.32 Å². The molecule has 0 saturated heterocycles. The van der Waals surface area contributed by atoms with Crippen LogP contribution in [-0.4, -0.2) is 22.4 Å². The van der Waals surface area contributed by atoms with E-state index in [1.165, 1.54) is 4.57 Å². The van der Waals surface area contributed by atoms with Crippen molar-refractivity contribution in [2.45, 2.75) is 40.2 Å². The average molecular weight is 381 g/mol. The first-order chi connectivity index (χ1) is 12.1. The number of amides is 1. The molecule has 142 valence electrons. The maximum absolute atomic E-state index is 12.9.